The van der Waals surface area contributed by atoms with E-state index in [1.54, 1.807) is 0 Å². The van der Waals surface area contributed by atoms with Crippen molar-refractivity contribution >= 4 is 21.8 Å². The number of sulfonamides is 1. The normalized spacial score (nSPS) is 21.9. The molecule has 0 spiro atoms. The van der Waals surface area contributed by atoms with E-state index >= 15 is 0 Å². The number of hydrogen-bond donors (Lipinski definition) is 1. The fourth-order valence-corrected chi connectivity index (χ4v) is 3.07. The van der Waals surface area contributed by atoms with E-state index in [1.807, 2.05) is 11.8 Å². The third-order valence-corrected chi connectivity index (χ3v) is 3.41. The van der Waals surface area contributed by atoms with Crippen molar-refractivity contribution in [1.29, 1.82) is 0 Å². The molecule has 1 fully saturated rings. The van der Waals surface area contributed by atoms with Gasteiger partial charge in [0.15, 0.2) is 0 Å². The highest BCUT2D eigenvalue weighted by atomic mass is 32.2. The van der Waals surface area contributed by atoms with E-state index < -0.39 is 10.0 Å². The molecule has 0 unspecified atom stereocenters. The Bertz CT molecular complexity index is 207. The van der Waals surface area contributed by atoms with Gasteiger partial charge >= 0.3 is 0 Å². The highest BCUT2D eigenvalue weighted by Crippen LogP contribution is 2.17. The van der Waals surface area contributed by atoms with Crippen LogP contribution in [-0.4, -0.2) is 32.2 Å². The zero-order valence-electron chi connectivity index (χ0n) is 6.54. The second-order valence-corrected chi connectivity index (χ2v) is 5.78. The minimum atomic E-state index is -2.98. The zero-order valence-corrected chi connectivity index (χ0v) is 8.17. The van der Waals surface area contributed by atoms with Crippen molar-refractivity contribution in [2.24, 2.45) is 0 Å². The van der Waals surface area contributed by atoms with Gasteiger partial charge in [-0.25, -0.2) is 13.1 Å². The monoisotopic (exact) mass is 195 g/mol. The van der Waals surface area contributed by atoms with Gasteiger partial charge < -0.3 is 0 Å². The van der Waals surface area contributed by atoms with Gasteiger partial charge in [-0.3, -0.25) is 0 Å². The van der Waals surface area contributed by atoms with Crippen molar-refractivity contribution in [1.82, 2.24) is 4.72 Å². The molecular formula is C6H13NO2S2. The lowest BCUT2D eigenvalue weighted by atomic mass is 10.2. The Morgan fingerprint density at radius 3 is 2.36 bits per heavy atom. The first kappa shape index (κ1) is 9.35. The van der Waals surface area contributed by atoms with Crippen molar-refractivity contribution in [3.8, 4) is 0 Å². The van der Waals surface area contributed by atoms with Crippen LogP contribution in [0, 0.1) is 0 Å². The lowest BCUT2D eigenvalue weighted by Gasteiger charge is -2.21. The fourth-order valence-electron chi connectivity index (χ4n) is 1.12. The fraction of sp³-hybridized carbons (Fsp3) is 1.00. The van der Waals surface area contributed by atoms with Gasteiger partial charge in [-0.05, 0) is 24.3 Å². The van der Waals surface area contributed by atoms with Gasteiger partial charge in [-0.15, -0.1) is 0 Å². The van der Waals surface area contributed by atoms with Crippen molar-refractivity contribution in [2.45, 2.75) is 18.9 Å². The molecule has 0 aromatic heterocycles. The van der Waals surface area contributed by atoms with E-state index in [9.17, 15) is 8.42 Å². The molecule has 0 bridgehead atoms. The van der Waals surface area contributed by atoms with E-state index in [0.717, 1.165) is 24.3 Å². The van der Waals surface area contributed by atoms with E-state index in [4.69, 9.17) is 0 Å². The van der Waals surface area contributed by atoms with Gasteiger partial charge in [0.25, 0.3) is 0 Å². The van der Waals surface area contributed by atoms with Crippen LogP contribution in [0.2, 0.25) is 0 Å². The Morgan fingerprint density at radius 1 is 1.36 bits per heavy atom. The summed E-state index contributed by atoms with van der Waals surface area (Å²) in [6, 6.07) is 0.186. The van der Waals surface area contributed by atoms with E-state index in [0.29, 0.717) is 0 Å². The summed E-state index contributed by atoms with van der Waals surface area (Å²) in [4.78, 5) is 0. The summed E-state index contributed by atoms with van der Waals surface area (Å²) < 4.78 is 24.2. The van der Waals surface area contributed by atoms with Crippen LogP contribution in [0.25, 0.3) is 0 Å². The summed E-state index contributed by atoms with van der Waals surface area (Å²) in [5.74, 6) is 2.15. The molecule has 0 radical (unpaired) electrons. The Morgan fingerprint density at radius 2 is 1.91 bits per heavy atom. The minimum Gasteiger partial charge on any atom is -0.213 e. The summed E-state index contributed by atoms with van der Waals surface area (Å²) in [7, 11) is -2.98. The summed E-state index contributed by atoms with van der Waals surface area (Å²) in [6.07, 6.45) is 3.16. The molecule has 0 atom stereocenters. The van der Waals surface area contributed by atoms with Crippen LogP contribution in [0.1, 0.15) is 12.8 Å². The first-order valence-corrected chi connectivity index (χ1v) is 6.67. The van der Waals surface area contributed by atoms with Crippen LogP contribution < -0.4 is 4.72 Å². The molecule has 1 aliphatic rings. The average Bonchev–Trinajstić information content (AvgIpc) is 1.85. The van der Waals surface area contributed by atoms with E-state index in [2.05, 4.69) is 4.72 Å². The zero-order chi connectivity index (χ0) is 8.32. The maximum Gasteiger partial charge on any atom is 0.208 e. The standard InChI is InChI=1S/C6H13NO2S2/c1-11(8,9)7-6-2-4-10-5-3-6/h6-7H,2-5H2,1H3. The molecule has 5 heteroatoms. The van der Waals surface area contributed by atoms with Crippen LogP contribution in [0.5, 0.6) is 0 Å². The molecule has 0 amide bonds. The number of rotatable bonds is 2. The molecule has 0 aromatic carbocycles. The van der Waals surface area contributed by atoms with Crippen LogP contribution in [0.4, 0.5) is 0 Å². The minimum absolute atomic E-state index is 0.186. The summed E-state index contributed by atoms with van der Waals surface area (Å²) >= 11 is 1.89. The third-order valence-electron chi connectivity index (χ3n) is 1.60. The maximum atomic E-state index is 10.8. The van der Waals surface area contributed by atoms with Gasteiger partial charge in [0.1, 0.15) is 0 Å². The molecule has 0 aromatic rings. The molecule has 11 heavy (non-hydrogen) atoms. The highest BCUT2D eigenvalue weighted by Gasteiger charge is 2.16. The average molecular weight is 195 g/mol. The summed E-state index contributed by atoms with van der Waals surface area (Å²) in [5, 5.41) is 0. The Balaban J connectivity index is 2.36. The first-order valence-electron chi connectivity index (χ1n) is 3.63. The van der Waals surface area contributed by atoms with E-state index in [-0.39, 0.29) is 6.04 Å². The Labute approximate surface area is 72.0 Å². The lowest BCUT2D eigenvalue weighted by Crippen LogP contribution is -2.36. The predicted octanol–water partition coefficient (Wildman–Crippen LogP) is 0.431. The maximum absolute atomic E-state index is 10.8. The predicted molar refractivity (Wildman–Crippen MR) is 48.3 cm³/mol. The molecular weight excluding hydrogens is 182 g/mol. The van der Waals surface area contributed by atoms with Crippen LogP contribution in [0.15, 0.2) is 0 Å². The van der Waals surface area contributed by atoms with Gasteiger partial charge in [0, 0.05) is 6.04 Å². The van der Waals surface area contributed by atoms with Crippen molar-refractivity contribution in [2.75, 3.05) is 17.8 Å². The molecule has 0 saturated carbocycles. The Kier molecular flexibility index (Phi) is 3.21. The van der Waals surface area contributed by atoms with Crippen molar-refractivity contribution in [3.05, 3.63) is 0 Å². The largest absolute Gasteiger partial charge is 0.213 e. The van der Waals surface area contributed by atoms with Gasteiger partial charge in [-0.1, -0.05) is 0 Å². The molecule has 3 nitrogen and oxygen atoms in total. The molecule has 1 heterocycles. The molecule has 1 N–H and O–H groups in total. The number of nitrogens with one attached hydrogen (secondary N) is 1. The van der Waals surface area contributed by atoms with Gasteiger partial charge in [0.2, 0.25) is 10.0 Å². The second-order valence-electron chi connectivity index (χ2n) is 2.78. The molecule has 1 rings (SSSR count). The number of hydrogen-bond acceptors (Lipinski definition) is 3. The summed E-state index contributed by atoms with van der Waals surface area (Å²) in [6.45, 7) is 0. The molecule has 0 aliphatic carbocycles. The SMILES string of the molecule is CS(=O)(=O)NC1CCSCC1. The van der Waals surface area contributed by atoms with Crippen molar-refractivity contribution < 1.29 is 8.42 Å². The Hall–Kier alpha value is 0.260. The highest BCUT2D eigenvalue weighted by molar-refractivity contribution is 7.99. The van der Waals surface area contributed by atoms with Crippen LogP contribution >= 0.6 is 11.8 Å². The quantitative estimate of drug-likeness (QED) is 0.695. The summed E-state index contributed by atoms with van der Waals surface area (Å²) in [5.41, 5.74) is 0. The molecule has 66 valence electrons. The van der Waals surface area contributed by atoms with Crippen LogP contribution in [0.3, 0.4) is 0 Å². The smallest absolute Gasteiger partial charge is 0.208 e. The van der Waals surface area contributed by atoms with E-state index in [1.165, 1.54) is 6.26 Å². The topological polar surface area (TPSA) is 46.2 Å². The third kappa shape index (κ3) is 3.98. The molecule has 1 aliphatic heterocycles. The first-order chi connectivity index (χ1) is 5.08. The lowest BCUT2D eigenvalue weighted by molar-refractivity contribution is 0.533. The van der Waals surface area contributed by atoms with Crippen LogP contribution in [-0.2, 0) is 10.0 Å². The van der Waals surface area contributed by atoms with Gasteiger partial charge in [0.05, 0.1) is 6.26 Å². The van der Waals surface area contributed by atoms with Gasteiger partial charge in [-0.2, -0.15) is 11.8 Å². The number of thioether (sulfide) groups is 1. The molecule has 1 saturated heterocycles. The van der Waals surface area contributed by atoms with Crippen molar-refractivity contribution in [3.63, 3.8) is 0 Å². The second kappa shape index (κ2) is 3.78.